The largest absolute Gasteiger partial charge is 0.479 e. The zero-order chi connectivity index (χ0) is 26.5. The Morgan fingerprint density at radius 3 is 2.57 bits per heavy atom. The second-order valence-corrected chi connectivity index (χ2v) is 10.4. The molecule has 0 spiro atoms. The molecular weight excluding hydrogens is 531 g/mol. The van der Waals surface area contributed by atoms with Crippen LogP contribution in [0, 0.1) is 0 Å². The number of hydrogen-bond acceptors (Lipinski definition) is 5. The van der Waals surface area contributed by atoms with Crippen molar-refractivity contribution < 1.29 is 32.7 Å². The molecule has 1 saturated heterocycles. The molecule has 37 heavy (non-hydrogen) atoms. The number of amides is 2. The normalized spacial score (nSPS) is 18.9. The van der Waals surface area contributed by atoms with Gasteiger partial charge in [0, 0.05) is 10.4 Å². The van der Waals surface area contributed by atoms with Gasteiger partial charge >= 0.3 is 12.1 Å². The second kappa shape index (κ2) is 9.21. The summed E-state index contributed by atoms with van der Waals surface area (Å²) < 4.78 is 41.9. The number of benzene rings is 2. The van der Waals surface area contributed by atoms with Crippen molar-refractivity contribution in [1.82, 2.24) is 14.7 Å². The maximum atomic E-state index is 13.5. The van der Waals surface area contributed by atoms with Crippen molar-refractivity contribution in [2.24, 2.45) is 0 Å². The predicted octanol–water partition coefficient (Wildman–Crippen LogP) is 6.19. The van der Waals surface area contributed by atoms with Crippen molar-refractivity contribution in [2.75, 3.05) is 0 Å². The van der Waals surface area contributed by atoms with Crippen molar-refractivity contribution in [3.8, 4) is 0 Å². The van der Waals surface area contributed by atoms with Gasteiger partial charge in [-0.25, -0.2) is 4.79 Å². The van der Waals surface area contributed by atoms with Crippen LogP contribution in [-0.4, -0.2) is 42.4 Å². The molecule has 2 aliphatic rings. The molecule has 192 valence electrons. The summed E-state index contributed by atoms with van der Waals surface area (Å²) in [6, 6.07) is 8.61. The topological polar surface area (TPSA) is 92.5 Å². The molecule has 12 heteroatoms. The van der Waals surface area contributed by atoms with Crippen molar-refractivity contribution in [3.05, 3.63) is 69.2 Å². The first kappa shape index (κ1) is 25.3. The molecule has 2 heterocycles. The smallest absolute Gasteiger partial charge is 0.416 e. The number of nitrogens with zero attached hydrogens (tertiary/aromatic N) is 3. The van der Waals surface area contributed by atoms with Crippen molar-refractivity contribution in [3.63, 3.8) is 0 Å². The van der Waals surface area contributed by atoms with Gasteiger partial charge in [0.1, 0.15) is 5.54 Å². The Balaban J connectivity index is 1.43. The summed E-state index contributed by atoms with van der Waals surface area (Å²) in [6.07, 6.45) is 0.122. The van der Waals surface area contributed by atoms with Crippen molar-refractivity contribution in [2.45, 2.75) is 43.9 Å². The molecule has 3 aromatic rings. The highest BCUT2D eigenvalue weighted by molar-refractivity contribution is 8.18. The summed E-state index contributed by atoms with van der Waals surface area (Å²) in [5.41, 5.74) is -1.20. The van der Waals surface area contributed by atoms with E-state index in [0.29, 0.717) is 41.1 Å². The molecule has 0 unspecified atom stereocenters. The fourth-order valence-corrected chi connectivity index (χ4v) is 6.00. The molecule has 1 saturated carbocycles. The number of thioether (sulfide) groups is 1. The molecule has 0 bridgehead atoms. The van der Waals surface area contributed by atoms with E-state index in [4.69, 9.17) is 11.6 Å². The van der Waals surface area contributed by atoms with Crippen molar-refractivity contribution >= 4 is 57.5 Å². The highest BCUT2D eigenvalue weighted by Gasteiger charge is 2.55. The minimum Gasteiger partial charge on any atom is -0.479 e. The molecule has 5 rings (SSSR count). The third kappa shape index (κ3) is 4.50. The number of carboxylic acid groups (broad SMARTS) is 1. The van der Waals surface area contributed by atoms with Gasteiger partial charge in [0.05, 0.1) is 28.7 Å². The van der Waals surface area contributed by atoms with E-state index in [1.165, 1.54) is 29.1 Å². The number of imide groups is 1. The highest BCUT2D eigenvalue weighted by atomic mass is 35.5. The third-order valence-corrected chi connectivity index (χ3v) is 7.82. The van der Waals surface area contributed by atoms with E-state index >= 15 is 0 Å². The number of alkyl halides is 3. The van der Waals surface area contributed by atoms with Gasteiger partial charge < -0.3 is 5.11 Å². The van der Waals surface area contributed by atoms with E-state index in [1.54, 1.807) is 18.2 Å². The summed E-state index contributed by atoms with van der Waals surface area (Å²) in [5, 5.41) is 14.0. The van der Waals surface area contributed by atoms with E-state index in [2.05, 4.69) is 5.10 Å². The molecule has 1 N–H and O–H groups in total. The predicted molar refractivity (Wildman–Crippen MR) is 132 cm³/mol. The summed E-state index contributed by atoms with van der Waals surface area (Å²) >= 11 is 6.46. The number of fused-ring (bicyclic) bond motifs is 1. The number of halogens is 4. The first-order valence-electron chi connectivity index (χ1n) is 11.3. The van der Waals surface area contributed by atoms with Crippen molar-refractivity contribution in [1.29, 1.82) is 0 Å². The molecule has 2 amide bonds. The van der Waals surface area contributed by atoms with Gasteiger partial charge in [0.15, 0.2) is 0 Å². The molecule has 0 atom stereocenters. The van der Waals surface area contributed by atoms with Gasteiger partial charge in [-0.1, -0.05) is 36.6 Å². The fraction of sp³-hybridized carbons (Fsp3) is 0.280. The molecule has 1 aliphatic carbocycles. The van der Waals surface area contributed by atoms with E-state index in [-0.39, 0.29) is 34.9 Å². The minimum absolute atomic E-state index is 0.0129. The van der Waals surface area contributed by atoms with Gasteiger partial charge in [-0.05, 0) is 66.1 Å². The lowest BCUT2D eigenvalue weighted by molar-refractivity contribution is -0.153. The van der Waals surface area contributed by atoms with Crippen LogP contribution in [0.1, 0.15) is 42.4 Å². The number of carboxylic acids is 1. The van der Waals surface area contributed by atoms with E-state index in [0.717, 1.165) is 11.0 Å². The number of carbonyl (C=O) groups is 3. The minimum atomic E-state index is -4.57. The summed E-state index contributed by atoms with van der Waals surface area (Å²) in [4.78, 5) is 38.7. The van der Waals surface area contributed by atoms with E-state index in [9.17, 15) is 32.7 Å². The van der Waals surface area contributed by atoms with Crippen LogP contribution >= 0.6 is 23.4 Å². The van der Waals surface area contributed by atoms with E-state index in [1.807, 2.05) is 0 Å². The molecule has 1 aromatic heterocycles. The van der Waals surface area contributed by atoms with Gasteiger partial charge in [-0.3, -0.25) is 19.2 Å². The third-order valence-electron chi connectivity index (χ3n) is 6.71. The van der Waals surface area contributed by atoms with Crippen LogP contribution in [0.2, 0.25) is 5.02 Å². The van der Waals surface area contributed by atoms with Gasteiger partial charge in [-0.2, -0.15) is 18.3 Å². The summed E-state index contributed by atoms with van der Waals surface area (Å²) in [6.45, 7) is -0.134. The Labute approximate surface area is 217 Å². The maximum Gasteiger partial charge on any atom is 0.416 e. The standard InChI is InChI=1S/C25H19ClF3N3O4S/c26-17-5-4-15(18(11-17)25(27,28)29)13-31-19-6-3-14(9-16(19)12-30-31)10-20-21(33)32(23(36)37-20)24(22(34)35)7-1-2-8-24/h3-6,9-12H,1-2,7-8,13H2,(H,34,35)/b20-10-. The average Bonchev–Trinajstić information content (AvgIpc) is 3.53. The molecule has 2 aromatic carbocycles. The number of rotatable bonds is 5. The lowest BCUT2D eigenvalue weighted by Crippen LogP contribution is -2.54. The van der Waals surface area contributed by atoms with Crippen LogP contribution in [-0.2, 0) is 22.3 Å². The first-order chi connectivity index (χ1) is 17.5. The number of aromatic nitrogens is 2. The maximum absolute atomic E-state index is 13.5. The van der Waals surface area contributed by atoms with Crippen LogP contribution in [0.3, 0.4) is 0 Å². The average molecular weight is 550 g/mol. The SMILES string of the molecule is O=C1S/C(=C\c2ccc3c(cnn3Cc3ccc(Cl)cc3C(F)(F)F)c2)C(=O)N1C1(C(=O)O)CCCC1. The Bertz CT molecular complexity index is 1480. The lowest BCUT2D eigenvalue weighted by atomic mass is 9.95. The number of carbonyl (C=O) groups excluding carboxylic acids is 2. The first-order valence-corrected chi connectivity index (χ1v) is 12.5. The molecule has 2 fully saturated rings. The van der Waals surface area contributed by atoms with Crippen LogP contribution in [0.5, 0.6) is 0 Å². The van der Waals surface area contributed by atoms with E-state index < -0.39 is 34.4 Å². The van der Waals surface area contributed by atoms with Crippen LogP contribution in [0.4, 0.5) is 18.0 Å². The Morgan fingerprint density at radius 1 is 1.16 bits per heavy atom. The second-order valence-electron chi connectivity index (χ2n) is 8.98. The van der Waals surface area contributed by atoms with Crippen LogP contribution < -0.4 is 0 Å². The molecular formula is C25H19ClF3N3O4S. The number of aliphatic carboxylic acids is 1. The zero-order valence-electron chi connectivity index (χ0n) is 19.1. The van der Waals surface area contributed by atoms with Gasteiger partial charge in [0.2, 0.25) is 0 Å². The Hall–Kier alpha value is -3.31. The summed E-state index contributed by atoms with van der Waals surface area (Å²) in [5.74, 6) is -1.82. The number of hydrogen-bond donors (Lipinski definition) is 1. The zero-order valence-corrected chi connectivity index (χ0v) is 20.7. The van der Waals surface area contributed by atoms with Crippen LogP contribution in [0.15, 0.2) is 47.5 Å². The molecule has 7 nitrogen and oxygen atoms in total. The quantitative estimate of drug-likeness (QED) is 0.381. The molecule has 0 radical (unpaired) electrons. The van der Waals surface area contributed by atoms with Crippen LogP contribution in [0.25, 0.3) is 17.0 Å². The highest BCUT2D eigenvalue weighted by Crippen LogP contribution is 2.44. The Kier molecular flexibility index (Phi) is 6.31. The van der Waals surface area contributed by atoms with Gasteiger partial charge in [-0.15, -0.1) is 0 Å². The fourth-order valence-electron chi connectivity index (χ4n) is 4.91. The van der Waals surface area contributed by atoms with Gasteiger partial charge in [0.25, 0.3) is 11.1 Å². The lowest BCUT2D eigenvalue weighted by Gasteiger charge is -2.31. The summed E-state index contributed by atoms with van der Waals surface area (Å²) in [7, 11) is 0. The molecule has 1 aliphatic heterocycles. The Morgan fingerprint density at radius 2 is 1.89 bits per heavy atom. The monoisotopic (exact) mass is 549 g/mol.